The molecule has 3 N–H and O–H groups in total. The molecule has 0 aliphatic rings. The number of carbonyl (C=O) groups is 1. The zero-order valence-corrected chi connectivity index (χ0v) is 19.5. The van der Waals surface area contributed by atoms with Crippen LogP contribution in [0.1, 0.15) is 33.4 Å². The molecule has 0 spiro atoms. The Morgan fingerprint density at radius 1 is 1.22 bits per heavy atom. The number of amides is 1. The minimum absolute atomic E-state index is 0.00175. The Bertz CT molecular complexity index is 1200. The second-order valence-electron chi connectivity index (χ2n) is 8.43. The largest absolute Gasteiger partial charge is 0.383 e. The van der Waals surface area contributed by atoms with Crippen molar-refractivity contribution in [3.63, 3.8) is 0 Å². The van der Waals surface area contributed by atoms with Gasteiger partial charge in [0.25, 0.3) is 5.56 Å². The average molecular weight is 457 g/mol. The molecule has 1 amide bonds. The topological polar surface area (TPSA) is 127 Å². The molecule has 170 valence electrons. The third-order valence-electron chi connectivity index (χ3n) is 4.65. The number of hydrogen-bond acceptors (Lipinski definition) is 7. The van der Waals surface area contributed by atoms with Crippen LogP contribution in [0.4, 0.5) is 11.5 Å². The van der Waals surface area contributed by atoms with E-state index in [0.717, 1.165) is 5.69 Å². The van der Waals surface area contributed by atoms with Crippen LogP contribution in [0.3, 0.4) is 0 Å². The fourth-order valence-electron chi connectivity index (χ4n) is 3.31. The molecule has 0 saturated heterocycles. The molecular weight excluding hydrogens is 428 g/mol. The van der Waals surface area contributed by atoms with Gasteiger partial charge in [0, 0.05) is 24.7 Å². The van der Waals surface area contributed by atoms with Crippen LogP contribution in [0.25, 0.3) is 10.7 Å². The summed E-state index contributed by atoms with van der Waals surface area (Å²) in [6.45, 7) is 8.37. The Balaban J connectivity index is 1.95. The molecule has 0 aromatic carbocycles. The minimum atomic E-state index is -0.672. The standard InChI is InChI=1S/C22H28N6O3S/c1-13(2)10-27(18-19(23)28(11-14(3)4)22(31)26-20(18)30)17(29)9-15-12-32-21(25-15)16-7-5-6-8-24-16/h5-8,12-14H,9-11,23H2,1-4H3,(H,26,30,31). The van der Waals surface area contributed by atoms with E-state index in [9.17, 15) is 14.4 Å². The molecule has 10 heteroatoms. The molecular formula is C22H28N6O3S. The van der Waals surface area contributed by atoms with Crippen LogP contribution in [0.15, 0.2) is 39.4 Å². The van der Waals surface area contributed by atoms with E-state index in [1.807, 2.05) is 51.3 Å². The van der Waals surface area contributed by atoms with Crippen molar-refractivity contribution in [3.05, 3.63) is 56.3 Å². The van der Waals surface area contributed by atoms with Gasteiger partial charge in [-0.15, -0.1) is 11.3 Å². The van der Waals surface area contributed by atoms with Gasteiger partial charge >= 0.3 is 5.69 Å². The lowest BCUT2D eigenvalue weighted by Crippen LogP contribution is -2.43. The Kier molecular flexibility index (Phi) is 7.24. The van der Waals surface area contributed by atoms with Gasteiger partial charge < -0.3 is 10.6 Å². The summed E-state index contributed by atoms with van der Waals surface area (Å²) < 4.78 is 1.31. The van der Waals surface area contributed by atoms with Crippen LogP contribution in [0.2, 0.25) is 0 Å². The molecule has 0 radical (unpaired) electrons. The summed E-state index contributed by atoms with van der Waals surface area (Å²) in [4.78, 5) is 50.8. The number of carbonyl (C=O) groups excluding carboxylic acids is 1. The molecule has 0 bridgehead atoms. The predicted octanol–water partition coefficient (Wildman–Crippen LogP) is 2.52. The highest BCUT2D eigenvalue weighted by Gasteiger charge is 2.26. The third-order valence-corrected chi connectivity index (χ3v) is 5.56. The molecule has 0 fully saturated rings. The van der Waals surface area contributed by atoms with Crippen molar-refractivity contribution in [2.45, 2.75) is 40.7 Å². The molecule has 32 heavy (non-hydrogen) atoms. The van der Waals surface area contributed by atoms with Crippen LogP contribution in [0, 0.1) is 11.8 Å². The van der Waals surface area contributed by atoms with Crippen molar-refractivity contribution in [1.29, 1.82) is 0 Å². The van der Waals surface area contributed by atoms with Gasteiger partial charge in [-0.1, -0.05) is 33.8 Å². The number of hydrogen-bond donors (Lipinski definition) is 2. The summed E-state index contributed by atoms with van der Waals surface area (Å²) >= 11 is 1.40. The number of H-pyrrole nitrogens is 1. The normalized spacial score (nSPS) is 11.3. The molecule has 3 rings (SSSR count). The van der Waals surface area contributed by atoms with E-state index in [-0.39, 0.29) is 42.2 Å². The van der Waals surface area contributed by atoms with Gasteiger partial charge in [-0.25, -0.2) is 9.78 Å². The zero-order valence-electron chi connectivity index (χ0n) is 18.7. The van der Waals surface area contributed by atoms with E-state index in [2.05, 4.69) is 15.0 Å². The predicted molar refractivity (Wildman–Crippen MR) is 127 cm³/mol. The minimum Gasteiger partial charge on any atom is -0.383 e. The lowest BCUT2D eigenvalue weighted by Gasteiger charge is -2.26. The first kappa shape index (κ1) is 23.4. The van der Waals surface area contributed by atoms with Gasteiger partial charge in [0.1, 0.15) is 10.8 Å². The quantitative estimate of drug-likeness (QED) is 0.536. The number of nitrogen functional groups attached to an aromatic ring is 1. The van der Waals surface area contributed by atoms with Crippen molar-refractivity contribution in [1.82, 2.24) is 19.5 Å². The highest BCUT2D eigenvalue weighted by molar-refractivity contribution is 7.13. The number of pyridine rings is 1. The average Bonchev–Trinajstić information content (AvgIpc) is 3.19. The van der Waals surface area contributed by atoms with Crippen molar-refractivity contribution in [3.8, 4) is 10.7 Å². The molecule has 0 unspecified atom stereocenters. The fraction of sp³-hybridized carbons (Fsp3) is 0.409. The van der Waals surface area contributed by atoms with Crippen molar-refractivity contribution in [2.24, 2.45) is 11.8 Å². The first-order chi connectivity index (χ1) is 15.2. The highest BCUT2D eigenvalue weighted by Crippen LogP contribution is 2.24. The smallest absolute Gasteiger partial charge is 0.330 e. The Morgan fingerprint density at radius 2 is 1.97 bits per heavy atom. The van der Waals surface area contributed by atoms with E-state index >= 15 is 0 Å². The van der Waals surface area contributed by atoms with Crippen molar-refractivity contribution >= 4 is 28.7 Å². The number of nitrogens with two attached hydrogens (primary N) is 1. The molecule has 3 heterocycles. The monoisotopic (exact) mass is 456 g/mol. The summed E-state index contributed by atoms with van der Waals surface area (Å²) in [5, 5.41) is 2.52. The number of anilines is 2. The SMILES string of the molecule is CC(C)CN(C(=O)Cc1csc(-c2ccccn2)n1)c1c(N)n(CC(C)C)c(=O)[nH]c1=O. The summed E-state index contributed by atoms with van der Waals surface area (Å²) in [6.07, 6.45) is 1.69. The molecule has 3 aromatic rings. The molecule has 0 saturated carbocycles. The van der Waals surface area contributed by atoms with Crippen LogP contribution in [-0.2, 0) is 17.8 Å². The second-order valence-corrected chi connectivity index (χ2v) is 9.29. The van der Waals surface area contributed by atoms with E-state index in [1.165, 1.54) is 20.8 Å². The van der Waals surface area contributed by atoms with Crippen molar-refractivity contribution in [2.75, 3.05) is 17.2 Å². The highest BCUT2D eigenvalue weighted by atomic mass is 32.1. The third kappa shape index (κ3) is 5.31. The van der Waals surface area contributed by atoms with E-state index in [0.29, 0.717) is 17.2 Å². The van der Waals surface area contributed by atoms with Gasteiger partial charge in [0.15, 0.2) is 5.69 Å². The summed E-state index contributed by atoms with van der Waals surface area (Å²) in [5.74, 6) is -0.122. The molecule has 0 aliphatic heterocycles. The number of thiazole rings is 1. The number of aromatic amines is 1. The van der Waals surface area contributed by atoms with Gasteiger partial charge in [0.2, 0.25) is 5.91 Å². The number of rotatable bonds is 8. The van der Waals surface area contributed by atoms with Gasteiger partial charge in [0.05, 0.1) is 17.8 Å². The maximum Gasteiger partial charge on any atom is 0.330 e. The van der Waals surface area contributed by atoms with Crippen LogP contribution >= 0.6 is 11.3 Å². The Labute approximate surface area is 190 Å². The van der Waals surface area contributed by atoms with Crippen LogP contribution < -0.4 is 21.9 Å². The van der Waals surface area contributed by atoms with Crippen LogP contribution in [0.5, 0.6) is 0 Å². The number of nitrogens with one attached hydrogen (secondary N) is 1. The molecule has 3 aromatic heterocycles. The lowest BCUT2D eigenvalue weighted by molar-refractivity contribution is -0.118. The van der Waals surface area contributed by atoms with E-state index < -0.39 is 11.2 Å². The maximum atomic E-state index is 13.3. The zero-order chi connectivity index (χ0) is 23.4. The number of aromatic nitrogens is 4. The second kappa shape index (κ2) is 9.90. The van der Waals surface area contributed by atoms with E-state index in [4.69, 9.17) is 5.73 Å². The van der Waals surface area contributed by atoms with Gasteiger partial charge in [-0.05, 0) is 24.0 Å². The summed E-state index contributed by atoms with van der Waals surface area (Å²) in [7, 11) is 0. The fourth-order valence-corrected chi connectivity index (χ4v) is 4.11. The van der Waals surface area contributed by atoms with Gasteiger partial charge in [-0.3, -0.25) is 24.1 Å². The molecule has 0 atom stereocenters. The van der Waals surface area contributed by atoms with Crippen LogP contribution in [-0.4, -0.2) is 32.0 Å². The molecule has 9 nitrogen and oxygen atoms in total. The Morgan fingerprint density at radius 3 is 2.59 bits per heavy atom. The summed E-state index contributed by atoms with van der Waals surface area (Å²) in [6, 6.07) is 5.56. The number of nitrogens with zero attached hydrogens (tertiary/aromatic N) is 4. The first-order valence-electron chi connectivity index (χ1n) is 10.5. The van der Waals surface area contributed by atoms with E-state index in [1.54, 1.807) is 6.20 Å². The lowest BCUT2D eigenvalue weighted by atomic mass is 10.1. The summed E-state index contributed by atoms with van der Waals surface area (Å²) in [5.41, 5.74) is 6.31. The molecule has 0 aliphatic carbocycles. The van der Waals surface area contributed by atoms with Gasteiger partial charge in [-0.2, -0.15) is 0 Å². The first-order valence-corrected chi connectivity index (χ1v) is 11.3. The maximum absolute atomic E-state index is 13.3. The van der Waals surface area contributed by atoms with Crippen molar-refractivity contribution < 1.29 is 4.79 Å². The Hall–Kier alpha value is -3.27.